The monoisotopic (exact) mass is 892 g/mol. The first-order chi connectivity index (χ1) is 29.4. The molecule has 0 aliphatic carbocycles. The number of nitriles is 1. The number of anilines is 1. The van der Waals surface area contributed by atoms with E-state index in [1.54, 1.807) is 84.2 Å². The van der Waals surface area contributed by atoms with Crippen LogP contribution in [0.15, 0.2) is 125 Å². The third-order valence-corrected chi connectivity index (χ3v) is 14.4. The molecular weight excluding hydrogens is 860 g/mol. The molecule has 0 bridgehead atoms. The Morgan fingerprint density at radius 1 is 0.934 bits per heavy atom. The third kappa shape index (κ3) is 8.97. The topological polar surface area (TPSA) is 175 Å². The first-order valence-corrected chi connectivity index (χ1v) is 21.9. The lowest BCUT2D eigenvalue weighted by atomic mass is 9.93. The molecule has 5 aromatic carbocycles. The Hall–Kier alpha value is -6.21. The number of benzene rings is 5. The Morgan fingerprint density at radius 2 is 1.64 bits per heavy atom. The molecule has 2 amide bonds. The fraction of sp³-hybridized carbons (Fsp3) is 0.156. The number of halogens is 2. The van der Waals surface area contributed by atoms with E-state index in [1.165, 1.54) is 6.07 Å². The van der Waals surface area contributed by atoms with Crippen LogP contribution in [0.5, 0.6) is 11.5 Å². The summed E-state index contributed by atoms with van der Waals surface area (Å²) in [4.78, 5) is 40.1. The molecule has 6 aromatic rings. The van der Waals surface area contributed by atoms with Gasteiger partial charge >= 0.3 is 5.97 Å². The maximum Gasteiger partial charge on any atom is 0.326 e. The van der Waals surface area contributed by atoms with Gasteiger partial charge in [-0.2, -0.15) is 9.57 Å². The van der Waals surface area contributed by atoms with Crippen LogP contribution in [-0.4, -0.2) is 47.7 Å². The lowest BCUT2D eigenvalue weighted by molar-refractivity contribution is -0.142. The number of amides is 2. The molecule has 3 atom stereocenters. The van der Waals surface area contributed by atoms with Crippen molar-refractivity contribution in [2.24, 2.45) is 0 Å². The number of thiophene rings is 1. The number of sulfonamides is 1. The molecule has 0 radical (unpaired) electrons. The summed E-state index contributed by atoms with van der Waals surface area (Å²) in [6, 6.07) is 32.1. The standard InChI is InChI=1S/C45H34Cl2N4O8S2/c46-35-16-7-28(18-36(35)47)25-58-34-14-12-31(13-15-34)42-44(53)49-37-20-32-21-39(51(24-33(32)22-40(37)59-42)61(56,57)41-2-1-17-60-41)43(52)50-38(45(54)55)19-26-3-8-29(9-4-26)30-10-5-27(23-48)6-11-30/h1-18,20,22,38-39,42H,19,21,24-25H2,(H,49,53)(H,50,52)(H,54,55)/t38-,39?,42-/m0/s1. The number of ether oxygens (including phenoxy) is 2. The van der Waals surface area contributed by atoms with Crippen LogP contribution in [0.25, 0.3) is 11.1 Å². The summed E-state index contributed by atoms with van der Waals surface area (Å²) in [7, 11) is -4.23. The van der Waals surface area contributed by atoms with Crippen molar-refractivity contribution in [2.75, 3.05) is 5.32 Å². The van der Waals surface area contributed by atoms with Crippen LogP contribution < -0.4 is 20.1 Å². The maximum atomic E-state index is 14.1. The summed E-state index contributed by atoms with van der Waals surface area (Å²) in [6.07, 6.45) is -1.20. The SMILES string of the molecule is N#Cc1ccc(-c2ccc(C[C@H](NC(=O)C3Cc4cc5c(cc4CN3S(=O)(=O)c3cccs3)O[C@@H](c3ccc(OCc4ccc(Cl)c(Cl)c4)cc3)C(=O)N5)C(=O)O)cc2)cc1. The van der Waals surface area contributed by atoms with E-state index in [9.17, 15) is 27.9 Å². The highest BCUT2D eigenvalue weighted by atomic mass is 35.5. The summed E-state index contributed by atoms with van der Waals surface area (Å²) in [5.41, 5.74) is 5.77. The normalized spacial score (nSPS) is 16.5. The Morgan fingerprint density at radius 3 is 2.30 bits per heavy atom. The van der Waals surface area contributed by atoms with Crippen LogP contribution in [0.2, 0.25) is 10.0 Å². The summed E-state index contributed by atoms with van der Waals surface area (Å²) < 4.78 is 41.5. The zero-order valence-electron chi connectivity index (χ0n) is 31.9. The minimum atomic E-state index is -4.23. The van der Waals surface area contributed by atoms with Gasteiger partial charge < -0.3 is 25.2 Å². The molecule has 3 heterocycles. The van der Waals surface area contributed by atoms with Crippen LogP contribution in [0.1, 0.15) is 39.5 Å². The van der Waals surface area contributed by atoms with Crippen molar-refractivity contribution in [3.05, 3.63) is 164 Å². The van der Waals surface area contributed by atoms with Crippen LogP contribution >= 0.6 is 34.5 Å². The molecule has 16 heteroatoms. The first kappa shape index (κ1) is 41.5. The number of carbonyl (C=O) groups excluding carboxylic acids is 2. The van der Waals surface area contributed by atoms with Gasteiger partial charge in [-0.25, -0.2) is 13.2 Å². The van der Waals surface area contributed by atoms with E-state index in [0.29, 0.717) is 55.0 Å². The molecule has 0 fully saturated rings. The van der Waals surface area contributed by atoms with Gasteiger partial charge in [0.15, 0.2) is 0 Å². The Balaban J connectivity index is 1.000. The van der Waals surface area contributed by atoms with Gasteiger partial charge in [-0.1, -0.05) is 83.9 Å². The highest BCUT2D eigenvalue weighted by Gasteiger charge is 2.42. The summed E-state index contributed by atoms with van der Waals surface area (Å²) in [5.74, 6) is -1.64. The van der Waals surface area contributed by atoms with Gasteiger partial charge in [-0.15, -0.1) is 11.3 Å². The summed E-state index contributed by atoms with van der Waals surface area (Å²) in [6.45, 7) is 0.0244. The first-order valence-electron chi connectivity index (χ1n) is 18.8. The zero-order valence-corrected chi connectivity index (χ0v) is 35.0. The Bertz CT molecular complexity index is 2800. The van der Waals surface area contributed by atoms with Crippen molar-refractivity contribution in [3.63, 3.8) is 0 Å². The van der Waals surface area contributed by atoms with Gasteiger partial charge in [0, 0.05) is 18.5 Å². The van der Waals surface area contributed by atoms with E-state index >= 15 is 0 Å². The van der Waals surface area contributed by atoms with Gasteiger partial charge in [-0.05, 0) is 99.8 Å². The highest BCUT2D eigenvalue weighted by Crippen LogP contribution is 2.41. The van der Waals surface area contributed by atoms with E-state index in [0.717, 1.165) is 32.3 Å². The Kier molecular flexibility index (Phi) is 11.9. The van der Waals surface area contributed by atoms with Crippen LogP contribution in [0.3, 0.4) is 0 Å². The van der Waals surface area contributed by atoms with Gasteiger partial charge in [-0.3, -0.25) is 9.59 Å². The van der Waals surface area contributed by atoms with E-state index in [2.05, 4.69) is 16.7 Å². The average molecular weight is 894 g/mol. The van der Waals surface area contributed by atoms with E-state index in [1.807, 2.05) is 30.3 Å². The van der Waals surface area contributed by atoms with Crippen molar-refractivity contribution >= 4 is 68.0 Å². The molecule has 1 aromatic heterocycles. The molecule has 0 saturated carbocycles. The van der Waals surface area contributed by atoms with E-state index in [4.69, 9.17) is 37.9 Å². The molecule has 0 spiro atoms. The molecule has 1 unspecified atom stereocenters. The molecule has 308 valence electrons. The second-order valence-electron chi connectivity index (χ2n) is 14.4. The second-order valence-corrected chi connectivity index (χ2v) is 18.3. The molecule has 12 nitrogen and oxygen atoms in total. The predicted octanol–water partition coefficient (Wildman–Crippen LogP) is 8.17. The van der Waals surface area contributed by atoms with Crippen molar-refractivity contribution in [2.45, 2.75) is 48.4 Å². The van der Waals surface area contributed by atoms with E-state index < -0.39 is 46.0 Å². The average Bonchev–Trinajstić information content (AvgIpc) is 3.82. The largest absolute Gasteiger partial charge is 0.489 e. The van der Waals surface area contributed by atoms with Crippen molar-refractivity contribution in [1.29, 1.82) is 5.26 Å². The predicted molar refractivity (Wildman–Crippen MR) is 230 cm³/mol. The number of hydrogen-bond acceptors (Lipinski definition) is 9. The number of rotatable bonds is 12. The second kappa shape index (κ2) is 17.4. The lowest BCUT2D eigenvalue weighted by Crippen LogP contribution is -2.55. The van der Waals surface area contributed by atoms with Gasteiger partial charge in [0.1, 0.15) is 34.4 Å². The van der Waals surface area contributed by atoms with Crippen molar-refractivity contribution < 1.29 is 37.4 Å². The molecule has 3 N–H and O–H groups in total. The number of hydrogen-bond donors (Lipinski definition) is 3. The smallest absolute Gasteiger partial charge is 0.326 e. The quantitative estimate of drug-likeness (QED) is 0.109. The fourth-order valence-electron chi connectivity index (χ4n) is 7.20. The molecule has 2 aliphatic heterocycles. The summed E-state index contributed by atoms with van der Waals surface area (Å²) >= 11 is 13.1. The van der Waals surface area contributed by atoms with Gasteiger partial charge in [0.05, 0.1) is 27.4 Å². The molecule has 2 aliphatic rings. The molecular formula is C45H34Cl2N4O8S2. The molecule has 8 rings (SSSR count). The zero-order chi connectivity index (χ0) is 42.8. The number of fused-ring (bicyclic) bond motifs is 2. The van der Waals surface area contributed by atoms with Crippen molar-refractivity contribution in [3.8, 4) is 28.7 Å². The molecule has 61 heavy (non-hydrogen) atoms. The number of aliphatic carboxylic acids is 1. The van der Waals surface area contributed by atoms with Crippen LogP contribution in [-0.2, 0) is 50.4 Å². The fourth-order valence-corrected chi connectivity index (χ4v) is 10.2. The minimum Gasteiger partial charge on any atom is -0.489 e. The summed E-state index contributed by atoms with van der Waals surface area (Å²) in [5, 5.41) is 27.3. The number of carboxylic acids is 1. The Labute approximate surface area is 364 Å². The number of carboxylic acid groups (broad SMARTS) is 1. The molecule has 0 saturated heterocycles. The maximum absolute atomic E-state index is 14.1. The number of nitrogens with zero attached hydrogens (tertiary/aromatic N) is 2. The van der Waals surface area contributed by atoms with Crippen LogP contribution in [0, 0.1) is 11.3 Å². The van der Waals surface area contributed by atoms with Crippen LogP contribution in [0.4, 0.5) is 5.69 Å². The minimum absolute atomic E-state index is 0.0248. The number of nitrogens with one attached hydrogen (secondary N) is 2. The highest BCUT2D eigenvalue weighted by molar-refractivity contribution is 7.91. The van der Waals surface area contributed by atoms with Gasteiger partial charge in [0.2, 0.25) is 12.0 Å². The van der Waals surface area contributed by atoms with Crippen molar-refractivity contribution in [1.82, 2.24) is 9.62 Å². The lowest BCUT2D eigenvalue weighted by Gasteiger charge is -2.36. The van der Waals surface area contributed by atoms with E-state index in [-0.39, 0.29) is 30.2 Å². The third-order valence-electron chi connectivity index (χ3n) is 10.4. The van der Waals surface area contributed by atoms with Gasteiger partial charge in [0.25, 0.3) is 15.9 Å². The number of carbonyl (C=O) groups is 3.